The average molecular weight is 234 g/mol. The number of hydrogen-bond donors (Lipinski definition) is 0. The lowest BCUT2D eigenvalue weighted by Gasteiger charge is -1.93. The molecule has 0 aromatic heterocycles. The van der Waals surface area contributed by atoms with Crippen molar-refractivity contribution in [1.29, 1.82) is 0 Å². The first-order chi connectivity index (χ1) is 8.81. The van der Waals surface area contributed by atoms with Gasteiger partial charge in [0.1, 0.15) is 12.6 Å². The Hall–Kier alpha value is -2.66. The van der Waals surface area contributed by atoms with E-state index < -0.39 is 0 Å². The van der Waals surface area contributed by atoms with E-state index in [2.05, 4.69) is 11.8 Å². The summed E-state index contributed by atoms with van der Waals surface area (Å²) >= 11 is 0. The van der Waals surface area contributed by atoms with Gasteiger partial charge in [0.05, 0.1) is 0 Å². The summed E-state index contributed by atoms with van der Waals surface area (Å²) in [7, 11) is 0. The minimum atomic E-state index is 0.600. The predicted molar refractivity (Wildman–Crippen MR) is 69.6 cm³/mol. The van der Waals surface area contributed by atoms with Crippen molar-refractivity contribution in [3.63, 3.8) is 0 Å². The molecular weight excluding hydrogens is 224 g/mol. The quantitative estimate of drug-likeness (QED) is 0.591. The summed E-state index contributed by atoms with van der Waals surface area (Å²) in [6, 6.07) is 14.2. The summed E-state index contributed by atoms with van der Waals surface area (Å²) in [6.07, 6.45) is 1.58. The molecular formula is C16H10O2. The summed E-state index contributed by atoms with van der Waals surface area (Å²) in [4.78, 5) is 21.3. The van der Waals surface area contributed by atoms with Gasteiger partial charge in [0.2, 0.25) is 0 Å². The number of aldehydes is 2. The first kappa shape index (κ1) is 11.8. The number of carbonyl (C=O) groups is 2. The molecule has 86 valence electrons. The van der Waals surface area contributed by atoms with Crippen LogP contribution < -0.4 is 0 Å². The van der Waals surface area contributed by atoms with Crippen molar-refractivity contribution in [2.24, 2.45) is 0 Å². The lowest BCUT2D eigenvalue weighted by atomic mass is 10.1. The van der Waals surface area contributed by atoms with E-state index >= 15 is 0 Å². The number of hydrogen-bond acceptors (Lipinski definition) is 2. The molecule has 0 fully saturated rings. The van der Waals surface area contributed by atoms with Gasteiger partial charge >= 0.3 is 0 Å². The van der Waals surface area contributed by atoms with Crippen LogP contribution in [0.3, 0.4) is 0 Å². The molecule has 2 nitrogen and oxygen atoms in total. The van der Waals surface area contributed by atoms with Crippen molar-refractivity contribution in [3.05, 3.63) is 70.8 Å². The fraction of sp³-hybridized carbons (Fsp3) is 0. The Bertz CT molecular complexity index is 590. The molecule has 0 unspecified atom stereocenters. The molecule has 0 bridgehead atoms. The van der Waals surface area contributed by atoms with Gasteiger partial charge in [-0.2, -0.15) is 0 Å². The Balaban J connectivity index is 2.30. The summed E-state index contributed by atoms with van der Waals surface area (Å²) in [5.74, 6) is 5.92. The van der Waals surface area contributed by atoms with Crippen LogP contribution in [0.5, 0.6) is 0 Å². The van der Waals surface area contributed by atoms with Crippen molar-refractivity contribution in [3.8, 4) is 11.8 Å². The van der Waals surface area contributed by atoms with Crippen LogP contribution in [0.2, 0.25) is 0 Å². The molecule has 0 amide bonds. The SMILES string of the molecule is O=Cc1cccc(C#Cc2cccc(C=O)c2)c1. The average Bonchev–Trinajstić information content (AvgIpc) is 2.45. The maximum absolute atomic E-state index is 10.6. The maximum atomic E-state index is 10.6. The van der Waals surface area contributed by atoms with Crippen molar-refractivity contribution in [1.82, 2.24) is 0 Å². The Labute approximate surface area is 105 Å². The molecule has 0 aliphatic rings. The Kier molecular flexibility index (Phi) is 3.68. The van der Waals surface area contributed by atoms with Gasteiger partial charge in [0.15, 0.2) is 0 Å². The molecule has 2 heteroatoms. The van der Waals surface area contributed by atoms with Crippen molar-refractivity contribution >= 4 is 12.6 Å². The minimum absolute atomic E-state index is 0.600. The van der Waals surface area contributed by atoms with E-state index in [0.717, 1.165) is 23.7 Å². The molecule has 0 saturated heterocycles. The van der Waals surface area contributed by atoms with Gasteiger partial charge in [-0.05, 0) is 24.3 Å². The van der Waals surface area contributed by atoms with Crippen LogP contribution in [0.15, 0.2) is 48.5 Å². The zero-order chi connectivity index (χ0) is 12.8. The van der Waals surface area contributed by atoms with E-state index in [1.807, 2.05) is 12.1 Å². The van der Waals surface area contributed by atoms with Crippen molar-refractivity contribution in [2.45, 2.75) is 0 Å². The second kappa shape index (κ2) is 5.60. The van der Waals surface area contributed by atoms with Crippen molar-refractivity contribution < 1.29 is 9.59 Å². The smallest absolute Gasteiger partial charge is 0.150 e. The maximum Gasteiger partial charge on any atom is 0.150 e. The molecule has 2 aromatic carbocycles. The topological polar surface area (TPSA) is 34.1 Å². The van der Waals surface area contributed by atoms with Gasteiger partial charge in [-0.25, -0.2) is 0 Å². The molecule has 0 saturated carbocycles. The monoisotopic (exact) mass is 234 g/mol. The number of rotatable bonds is 2. The van der Waals surface area contributed by atoms with Crippen LogP contribution in [0.4, 0.5) is 0 Å². The van der Waals surface area contributed by atoms with E-state index in [4.69, 9.17) is 0 Å². The van der Waals surface area contributed by atoms with Crippen LogP contribution in [-0.2, 0) is 0 Å². The Morgan fingerprint density at radius 1 is 0.722 bits per heavy atom. The fourth-order valence-corrected chi connectivity index (χ4v) is 1.52. The van der Waals surface area contributed by atoms with Crippen LogP contribution in [0.25, 0.3) is 0 Å². The minimum Gasteiger partial charge on any atom is -0.298 e. The van der Waals surface area contributed by atoms with Gasteiger partial charge in [0.25, 0.3) is 0 Å². The van der Waals surface area contributed by atoms with E-state index in [0.29, 0.717) is 11.1 Å². The number of benzene rings is 2. The van der Waals surface area contributed by atoms with Crippen LogP contribution in [0.1, 0.15) is 31.8 Å². The largest absolute Gasteiger partial charge is 0.298 e. The van der Waals surface area contributed by atoms with Gasteiger partial charge in [-0.1, -0.05) is 36.1 Å². The van der Waals surface area contributed by atoms with E-state index in [9.17, 15) is 9.59 Å². The summed E-state index contributed by atoms with van der Waals surface area (Å²) in [5, 5.41) is 0. The zero-order valence-corrected chi connectivity index (χ0v) is 9.59. The molecule has 2 aromatic rings. The lowest BCUT2D eigenvalue weighted by Crippen LogP contribution is -1.83. The number of carbonyl (C=O) groups excluding carboxylic acids is 2. The lowest BCUT2D eigenvalue weighted by molar-refractivity contribution is 0.111. The van der Waals surface area contributed by atoms with E-state index in [1.54, 1.807) is 36.4 Å². The Morgan fingerprint density at radius 3 is 1.56 bits per heavy atom. The summed E-state index contributed by atoms with van der Waals surface area (Å²) < 4.78 is 0. The third-order valence-corrected chi connectivity index (χ3v) is 2.40. The molecule has 0 aliphatic heterocycles. The van der Waals surface area contributed by atoms with Crippen molar-refractivity contribution in [2.75, 3.05) is 0 Å². The highest BCUT2D eigenvalue weighted by atomic mass is 16.1. The van der Waals surface area contributed by atoms with Gasteiger partial charge < -0.3 is 0 Å². The first-order valence-corrected chi connectivity index (χ1v) is 5.44. The van der Waals surface area contributed by atoms with E-state index in [1.165, 1.54) is 0 Å². The molecule has 2 rings (SSSR count). The first-order valence-electron chi connectivity index (χ1n) is 5.44. The molecule has 0 spiro atoms. The second-order valence-corrected chi connectivity index (χ2v) is 3.74. The zero-order valence-electron chi connectivity index (χ0n) is 9.59. The van der Waals surface area contributed by atoms with Gasteiger partial charge in [0, 0.05) is 22.3 Å². The molecule has 0 atom stereocenters. The summed E-state index contributed by atoms with van der Waals surface area (Å²) in [6.45, 7) is 0. The van der Waals surface area contributed by atoms with E-state index in [-0.39, 0.29) is 0 Å². The molecule has 0 aliphatic carbocycles. The normalized spacial score (nSPS) is 9.11. The van der Waals surface area contributed by atoms with Crippen LogP contribution in [-0.4, -0.2) is 12.6 Å². The predicted octanol–water partition coefficient (Wildman–Crippen LogP) is 2.71. The highest BCUT2D eigenvalue weighted by molar-refractivity contribution is 5.76. The highest BCUT2D eigenvalue weighted by Gasteiger charge is 1.92. The molecule has 18 heavy (non-hydrogen) atoms. The molecule has 0 heterocycles. The highest BCUT2D eigenvalue weighted by Crippen LogP contribution is 2.04. The fourth-order valence-electron chi connectivity index (χ4n) is 1.52. The third-order valence-electron chi connectivity index (χ3n) is 2.40. The molecule has 0 radical (unpaired) electrons. The Morgan fingerprint density at radius 2 is 1.17 bits per heavy atom. The summed E-state index contributed by atoms with van der Waals surface area (Å²) in [5.41, 5.74) is 2.75. The van der Waals surface area contributed by atoms with Gasteiger partial charge in [-0.15, -0.1) is 0 Å². The molecule has 0 N–H and O–H groups in total. The van der Waals surface area contributed by atoms with Crippen LogP contribution in [0, 0.1) is 11.8 Å². The second-order valence-electron chi connectivity index (χ2n) is 3.74. The third kappa shape index (κ3) is 2.93. The van der Waals surface area contributed by atoms with Crippen LogP contribution >= 0.6 is 0 Å². The standard InChI is InChI=1S/C16H10O2/c17-11-15-5-1-3-13(9-15)7-8-14-4-2-6-16(10-14)12-18/h1-6,9-12H. The van der Waals surface area contributed by atoms with Gasteiger partial charge in [-0.3, -0.25) is 9.59 Å².